The molecule has 1 unspecified atom stereocenters. The van der Waals surface area contributed by atoms with Crippen molar-refractivity contribution in [2.24, 2.45) is 17.3 Å². The number of aliphatic hydroxyl groups is 1. The van der Waals surface area contributed by atoms with Crippen LogP contribution < -0.4 is 0 Å². The van der Waals surface area contributed by atoms with E-state index < -0.39 is 6.10 Å². The Morgan fingerprint density at radius 1 is 1.33 bits per heavy atom. The molecule has 0 aromatic rings. The fraction of sp³-hybridized carbons (Fsp3) is 0.632. The molecular formula is C19H26O2. The van der Waals surface area contributed by atoms with Crippen molar-refractivity contribution in [1.82, 2.24) is 0 Å². The van der Waals surface area contributed by atoms with Crippen LogP contribution in [0.5, 0.6) is 0 Å². The lowest BCUT2D eigenvalue weighted by atomic mass is 9.64. The predicted octanol–water partition coefficient (Wildman–Crippen LogP) is 3.97. The summed E-state index contributed by atoms with van der Waals surface area (Å²) in [5.74, 6) is 0.769. The van der Waals surface area contributed by atoms with E-state index in [0.717, 1.165) is 24.7 Å². The second-order valence-electron chi connectivity index (χ2n) is 7.51. The predicted molar refractivity (Wildman–Crippen MR) is 84.8 cm³/mol. The number of carbonyl (C=O) groups excluding carboxylic acids is 1. The molecule has 0 aromatic carbocycles. The molecule has 0 spiro atoms. The van der Waals surface area contributed by atoms with Gasteiger partial charge in [0.1, 0.15) is 6.29 Å². The number of carbonyl (C=O) groups is 1. The highest BCUT2D eigenvalue weighted by atomic mass is 16.3. The minimum Gasteiger partial charge on any atom is -0.392 e. The standard InChI is InChI=1S/C19H26O2/c1-12(2)14-6-8-19(3)9-7-15-16(18(14)19)5-4-13(11-20)10-17(15)21/h4-5,11-12,15,17,21H,6-10H2,1-3H3/t15?,17-,19+/m0/s1. The molecule has 0 amide bonds. The van der Waals surface area contributed by atoms with E-state index in [2.05, 4.69) is 26.8 Å². The molecule has 3 atom stereocenters. The SMILES string of the molecule is CC(C)C1=C2C3=CC=C(C=O)C[C@H](O)C3CC[C@@]2(C)CC1. The van der Waals surface area contributed by atoms with E-state index in [1.54, 1.807) is 5.57 Å². The Balaban J connectivity index is 2.12. The van der Waals surface area contributed by atoms with Gasteiger partial charge in [-0.3, -0.25) is 4.79 Å². The topological polar surface area (TPSA) is 37.3 Å². The van der Waals surface area contributed by atoms with Crippen molar-refractivity contribution >= 4 is 6.29 Å². The van der Waals surface area contributed by atoms with Crippen LogP contribution in [0.2, 0.25) is 0 Å². The summed E-state index contributed by atoms with van der Waals surface area (Å²) in [6.07, 6.45) is 9.66. The summed E-state index contributed by atoms with van der Waals surface area (Å²) >= 11 is 0. The zero-order valence-corrected chi connectivity index (χ0v) is 13.4. The van der Waals surface area contributed by atoms with Crippen molar-refractivity contribution in [1.29, 1.82) is 0 Å². The molecule has 0 saturated heterocycles. The average molecular weight is 286 g/mol. The summed E-state index contributed by atoms with van der Waals surface area (Å²) in [6.45, 7) is 6.94. The molecule has 0 heterocycles. The van der Waals surface area contributed by atoms with Crippen LogP contribution in [0.25, 0.3) is 0 Å². The molecule has 0 radical (unpaired) electrons. The van der Waals surface area contributed by atoms with E-state index in [0.29, 0.717) is 12.3 Å². The number of hydrogen-bond acceptors (Lipinski definition) is 2. The Labute approximate surface area is 127 Å². The third kappa shape index (κ3) is 2.34. The van der Waals surface area contributed by atoms with Gasteiger partial charge in [-0.25, -0.2) is 0 Å². The number of allylic oxidation sites excluding steroid dienone is 4. The Bertz CT molecular complexity index is 550. The summed E-state index contributed by atoms with van der Waals surface area (Å²) in [4.78, 5) is 11.1. The summed E-state index contributed by atoms with van der Waals surface area (Å²) < 4.78 is 0. The van der Waals surface area contributed by atoms with Crippen LogP contribution in [-0.2, 0) is 4.79 Å². The van der Waals surface area contributed by atoms with Gasteiger partial charge in [0.2, 0.25) is 0 Å². The maximum atomic E-state index is 11.1. The molecule has 2 nitrogen and oxygen atoms in total. The van der Waals surface area contributed by atoms with Crippen LogP contribution in [0.1, 0.15) is 52.9 Å². The van der Waals surface area contributed by atoms with Gasteiger partial charge in [0, 0.05) is 12.3 Å². The molecule has 3 rings (SSSR count). The van der Waals surface area contributed by atoms with Gasteiger partial charge in [-0.1, -0.05) is 38.5 Å². The lowest BCUT2D eigenvalue weighted by Crippen LogP contribution is -2.33. The molecule has 0 aliphatic heterocycles. The monoisotopic (exact) mass is 286 g/mol. The molecule has 1 N–H and O–H groups in total. The largest absolute Gasteiger partial charge is 0.392 e. The first-order valence-corrected chi connectivity index (χ1v) is 8.24. The van der Waals surface area contributed by atoms with Crippen molar-refractivity contribution in [2.75, 3.05) is 0 Å². The van der Waals surface area contributed by atoms with E-state index in [1.807, 2.05) is 6.08 Å². The van der Waals surface area contributed by atoms with Gasteiger partial charge in [-0.2, -0.15) is 0 Å². The van der Waals surface area contributed by atoms with Crippen molar-refractivity contribution in [3.8, 4) is 0 Å². The lowest BCUT2D eigenvalue weighted by Gasteiger charge is -2.41. The highest BCUT2D eigenvalue weighted by Gasteiger charge is 2.45. The van der Waals surface area contributed by atoms with Crippen molar-refractivity contribution < 1.29 is 9.90 Å². The van der Waals surface area contributed by atoms with E-state index >= 15 is 0 Å². The van der Waals surface area contributed by atoms with Crippen LogP contribution in [0, 0.1) is 17.3 Å². The second-order valence-corrected chi connectivity index (χ2v) is 7.51. The fourth-order valence-electron chi connectivity index (χ4n) is 4.57. The van der Waals surface area contributed by atoms with Crippen LogP contribution in [-0.4, -0.2) is 17.5 Å². The minimum absolute atomic E-state index is 0.202. The molecule has 0 bridgehead atoms. The number of aliphatic hydroxyl groups excluding tert-OH is 1. The van der Waals surface area contributed by atoms with Crippen molar-refractivity contribution in [3.05, 3.63) is 34.4 Å². The molecule has 0 aromatic heterocycles. The van der Waals surface area contributed by atoms with Gasteiger partial charge >= 0.3 is 0 Å². The summed E-state index contributed by atoms with van der Waals surface area (Å²) in [7, 11) is 0. The zero-order chi connectivity index (χ0) is 15.2. The van der Waals surface area contributed by atoms with Gasteiger partial charge in [0.15, 0.2) is 0 Å². The van der Waals surface area contributed by atoms with Gasteiger partial charge in [0.25, 0.3) is 0 Å². The van der Waals surface area contributed by atoms with Crippen molar-refractivity contribution in [3.63, 3.8) is 0 Å². The molecule has 2 heteroatoms. The minimum atomic E-state index is -0.415. The number of hydrogen-bond donors (Lipinski definition) is 1. The highest BCUT2D eigenvalue weighted by molar-refractivity contribution is 5.74. The fourth-order valence-corrected chi connectivity index (χ4v) is 4.57. The maximum absolute atomic E-state index is 11.1. The first-order chi connectivity index (χ1) is 9.96. The van der Waals surface area contributed by atoms with E-state index in [1.165, 1.54) is 24.0 Å². The smallest absolute Gasteiger partial charge is 0.146 e. The van der Waals surface area contributed by atoms with Crippen LogP contribution in [0.3, 0.4) is 0 Å². The molecular weight excluding hydrogens is 260 g/mol. The number of aldehydes is 1. The summed E-state index contributed by atoms with van der Waals surface area (Å²) in [5.41, 5.74) is 5.39. The molecule has 3 aliphatic carbocycles. The van der Waals surface area contributed by atoms with Crippen molar-refractivity contribution in [2.45, 2.75) is 59.0 Å². The lowest BCUT2D eigenvalue weighted by molar-refractivity contribution is -0.105. The quantitative estimate of drug-likeness (QED) is 0.780. The third-order valence-electron chi connectivity index (χ3n) is 5.80. The second kappa shape index (κ2) is 5.24. The molecule has 21 heavy (non-hydrogen) atoms. The molecule has 114 valence electrons. The summed E-state index contributed by atoms with van der Waals surface area (Å²) in [5, 5.41) is 10.6. The van der Waals surface area contributed by atoms with Gasteiger partial charge < -0.3 is 5.11 Å². The zero-order valence-electron chi connectivity index (χ0n) is 13.4. The third-order valence-corrected chi connectivity index (χ3v) is 5.80. The molecule has 1 fully saturated rings. The molecule has 1 saturated carbocycles. The van der Waals surface area contributed by atoms with E-state index in [4.69, 9.17) is 0 Å². The number of rotatable bonds is 2. The van der Waals surface area contributed by atoms with Gasteiger partial charge in [0.05, 0.1) is 6.10 Å². The van der Waals surface area contributed by atoms with Gasteiger partial charge in [-0.15, -0.1) is 0 Å². The Kier molecular flexibility index (Phi) is 3.69. The average Bonchev–Trinajstić information content (AvgIpc) is 2.71. The first-order valence-electron chi connectivity index (χ1n) is 8.24. The summed E-state index contributed by atoms with van der Waals surface area (Å²) in [6, 6.07) is 0. The maximum Gasteiger partial charge on any atom is 0.146 e. The Hall–Kier alpha value is -1.15. The Morgan fingerprint density at radius 3 is 2.76 bits per heavy atom. The molecule has 3 aliphatic rings. The van der Waals surface area contributed by atoms with Crippen LogP contribution in [0.4, 0.5) is 0 Å². The Morgan fingerprint density at radius 2 is 2.10 bits per heavy atom. The highest BCUT2D eigenvalue weighted by Crippen LogP contribution is 2.57. The van der Waals surface area contributed by atoms with Crippen LogP contribution >= 0.6 is 0 Å². The normalized spacial score (nSPS) is 35.9. The number of fused-ring (bicyclic) bond motifs is 3. The van der Waals surface area contributed by atoms with E-state index in [-0.39, 0.29) is 11.3 Å². The van der Waals surface area contributed by atoms with E-state index in [9.17, 15) is 9.90 Å². The first kappa shape index (κ1) is 14.8. The van der Waals surface area contributed by atoms with Crippen LogP contribution in [0.15, 0.2) is 34.4 Å². The van der Waals surface area contributed by atoms with Gasteiger partial charge in [-0.05, 0) is 53.7 Å².